The Bertz CT molecular complexity index is 726. The Morgan fingerprint density at radius 1 is 1.35 bits per heavy atom. The summed E-state index contributed by atoms with van der Waals surface area (Å²) in [5.41, 5.74) is 0.978. The summed E-state index contributed by atoms with van der Waals surface area (Å²) in [6.45, 7) is 4.18. The average Bonchev–Trinajstić information content (AvgIpc) is 2.53. The normalized spacial score (nSPS) is 12.0. The van der Waals surface area contributed by atoms with Crippen LogP contribution in [0.3, 0.4) is 0 Å². The third-order valence-electron chi connectivity index (χ3n) is 3.46. The van der Waals surface area contributed by atoms with Gasteiger partial charge in [-0.25, -0.2) is 4.68 Å². The van der Waals surface area contributed by atoms with Gasteiger partial charge in [0.2, 0.25) is 5.43 Å². The molecule has 1 amide bonds. The van der Waals surface area contributed by atoms with Crippen molar-refractivity contribution in [3.8, 4) is 5.69 Å². The van der Waals surface area contributed by atoms with E-state index in [2.05, 4.69) is 10.4 Å². The molecule has 1 heterocycles. The number of benzene rings is 1. The molecule has 0 saturated heterocycles. The molecule has 2 rings (SSSR count). The number of ether oxygens (including phenoxy) is 1. The van der Waals surface area contributed by atoms with E-state index in [9.17, 15) is 9.59 Å². The number of aryl methyl sites for hydroxylation is 1. The second kappa shape index (κ2) is 7.69. The molecule has 1 N–H and O–H groups in total. The predicted molar refractivity (Wildman–Crippen MR) is 88.0 cm³/mol. The molecule has 0 spiro atoms. The fourth-order valence-corrected chi connectivity index (χ4v) is 2.19. The van der Waals surface area contributed by atoms with Gasteiger partial charge in [-0.1, -0.05) is 18.2 Å². The smallest absolute Gasteiger partial charge is 0.276 e. The lowest BCUT2D eigenvalue weighted by Gasteiger charge is -2.14. The van der Waals surface area contributed by atoms with E-state index in [1.54, 1.807) is 18.7 Å². The number of hydrogen-bond acceptors (Lipinski definition) is 4. The monoisotopic (exact) mass is 315 g/mol. The lowest BCUT2D eigenvalue weighted by atomic mass is 10.2. The van der Waals surface area contributed by atoms with Crippen LogP contribution in [0.1, 0.15) is 29.5 Å². The molecule has 1 aromatic carbocycles. The number of carbonyl (C=O) groups excluding carboxylic acids is 1. The van der Waals surface area contributed by atoms with E-state index >= 15 is 0 Å². The fraction of sp³-hybridized carbons (Fsp3) is 0.353. The first-order valence-corrected chi connectivity index (χ1v) is 7.49. The number of hydrogen-bond donors (Lipinski definition) is 1. The molecule has 6 heteroatoms. The van der Waals surface area contributed by atoms with Crippen LogP contribution in [0.15, 0.2) is 41.2 Å². The van der Waals surface area contributed by atoms with Crippen molar-refractivity contribution in [2.45, 2.75) is 26.3 Å². The molecular weight excluding hydrogens is 294 g/mol. The van der Waals surface area contributed by atoms with Crippen LogP contribution in [0, 0.1) is 6.92 Å². The van der Waals surface area contributed by atoms with Crippen LogP contribution in [-0.2, 0) is 4.74 Å². The molecule has 1 aromatic heterocycles. The van der Waals surface area contributed by atoms with Gasteiger partial charge in [0.05, 0.1) is 5.69 Å². The van der Waals surface area contributed by atoms with Gasteiger partial charge >= 0.3 is 0 Å². The van der Waals surface area contributed by atoms with Crippen LogP contribution >= 0.6 is 0 Å². The topological polar surface area (TPSA) is 73.2 Å². The largest absolute Gasteiger partial charge is 0.385 e. The van der Waals surface area contributed by atoms with Gasteiger partial charge in [0.15, 0.2) is 5.69 Å². The van der Waals surface area contributed by atoms with Crippen molar-refractivity contribution in [3.63, 3.8) is 0 Å². The van der Waals surface area contributed by atoms with Crippen molar-refractivity contribution in [1.82, 2.24) is 15.1 Å². The molecule has 0 unspecified atom stereocenters. The molecule has 0 radical (unpaired) electrons. The van der Waals surface area contributed by atoms with E-state index in [4.69, 9.17) is 4.74 Å². The van der Waals surface area contributed by atoms with Gasteiger partial charge in [-0.05, 0) is 32.4 Å². The van der Waals surface area contributed by atoms with Gasteiger partial charge in [-0.3, -0.25) is 9.59 Å². The number of aromatic nitrogens is 2. The zero-order valence-electron chi connectivity index (χ0n) is 13.6. The standard InChI is InChI=1S/C17H21N3O3/c1-12(9-10-23-3)18-17(22)16-15(21)11-13(2)20(19-16)14-7-5-4-6-8-14/h4-8,11-12H,9-10H2,1-3H3,(H,18,22)/t12-/m1/s1. The fourth-order valence-electron chi connectivity index (χ4n) is 2.19. The zero-order chi connectivity index (χ0) is 16.8. The lowest BCUT2D eigenvalue weighted by Crippen LogP contribution is -2.37. The maximum atomic E-state index is 12.3. The first-order chi connectivity index (χ1) is 11.0. The van der Waals surface area contributed by atoms with Gasteiger partial charge in [0.25, 0.3) is 5.91 Å². The Balaban J connectivity index is 2.29. The first kappa shape index (κ1) is 16.9. The number of para-hydroxylation sites is 1. The number of nitrogens with zero attached hydrogens (tertiary/aromatic N) is 2. The summed E-state index contributed by atoms with van der Waals surface area (Å²) >= 11 is 0. The summed E-state index contributed by atoms with van der Waals surface area (Å²) in [7, 11) is 1.61. The van der Waals surface area contributed by atoms with Crippen LogP contribution in [-0.4, -0.2) is 35.4 Å². The van der Waals surface area contributed by atoms with E-state index in [0.29, 0.717) is 18.7 Å². The van der Waals surface area contributed by atoms with Crippen LogP contribution in [0.5, 0.6) is 0 Å². The third-order valence-corrected chi connectivity index (χ3v) is 3.46. The van der Waals surface area contributed by atoms with Crippen LogP contribution < -0.4 is 10.7 Å². The molecule has 1 atom stereocenters. The van der Waals surface area contributed by atoms with E-state index in [-0.39, 0.29) is 17.2 Å². The molecule has 6 nitrogen and oxygen atoms in total. The average molecular weight is 315 g/mol. The summed E-state index contributed by atoms with van der Waals surface area (Å²) in [6, 6.07) is 10.7. The highest BCUT2D eigenvalue weighted by Crippen LogP contribution is 2.08. The predicted octanol–water partition coefficient (Wildman–Crippen LogP) is 1.70. The molecule has 0 aliphatic rings. The third kappa shape index (κ3) is 4.26. The number of amides is 1. The molecule has 0 aliphatic heterocycles. The second-order valence-electron chi connectivity index (χ2n) is 5.40. The molecule has 2 aromatic rings. The van der Waals surface area contributed by atoms with Crippen molar-refractivity contribution in [2.75, 3.05) is 13.7 Å². The van der Waals surface area contributed by atoms with Crippen molar-refractivity contribution < 1.29 is 9.53 Å². The second-order valence-corrected chi connectivity index (χ2v) is 5.40. The van der Waals surface area contributed by atoms with Crippen molar-refractivity contribution >= 4 is 5.91 Å². The van der Waals surface area contributed by atoms with Crippen LogP contribution in [0.2, 0.25) is 0 Å². The summed E-state index contributed by atoms with van der Waals surface area (Å²) in [6.07, 6.45) is 0.668. The lowest BCUT2D eigenvalue weighted by molar-refractivity contribution is 0.0921. The maximum Gasteiger partial charge on any atom is 0.276 e. The SMILES string of the molecule is COCC[C@@H](C)NC(=O)c1nn(-c2ccccc2)c(C)cc1=O. The molecule has 0 aliphatic carbocycles. The Kier molecular flexibility index (Phi) is 5.65. The van der Waals surface area contributed by atoms with E-state index < -0.39 is 5.91 Å². The van der Waals surface area contributed by atoms with Gasteiger partial charge in [-0.2, -0.15) is 5.10 Å². The minimum absolute atomic E-state index is 0.102. The van der Waals surface area contributed by atoms with Crippen molar-refractivity contribution in [3.05, 3.63) is 58.0 Å². The van der Waals surface area contributed by atoms with E-state index in [0.717, 1.165) is 5.69 Å². The highest BCUT2D eigenvalue weighted by Gasteiger charge is 2.17. The number of carbonyl (C=O) groups is 1. The summed E-state index contributed by atoms with van der Waals surface area (Å²) in [5, 5.41) is 7.01. The Hall–Kier alpha value is -2.47. The number of nitrogens with one attached hydrogen (secondary N) is 1. The first-order valence-electron chi connectivity index (χ1n) is 7.49. The summed E-state index contributed by atoms with van der Waals surface area (Å²) in [4.78, 5) is 24.4. The van der Waals surface area contributed by atoms with Gasteiger partial charge < -0.3 is 10.1 Å². The van der Waals surface area contributed by atoms with E-state index in [1.807, 2.05) is 37.3 Å². The minimum atomic E-state index is -0.469. The van der Waals surface area contributed by atoms with Crippen LogP contribution in [0.25, 0.3) is 5.69 Å². The summed E-state index contributed by atoms with van der Waals surface area (Å²) in [5.74, 6) is -0.469. The zero-order valence-corrected chi connectivity index (χ0v) is 13.6. The molecule has 0 bridgehead atoms. The number of methoxy groups -OCH3 is 1. The Labute approximate surface area is 135 Å². The Morgan fingerprint density at radius 2 is 2.04 bits per heavy atom. The minimum Gasteiger partial charge on any atom is -0.385 e. The summed E-state index contributed by atoms with van der Waals surface area (Å²) < 4.78 is 6.58. The van der Waals surface area contributed by atoms with Crippen LogP contribution in [0.4, 0.5) is 0 Å². The molecule has 122 valence electrons. The van der Waals surface area contributed by atoms with Crippen molar-refractivity contribution in [1.29, 1.82) is 0 Å². The molecule has 0 fully saturated rings. The highest BCUT2D eigenvalue weighted by molar-refractivity contribution is 5.92. The molecule has 23 heavy (non-hydrogen) atoms. The highest BCUT2D eigenvalue weighted by atomic mass is 16.5. The van der Waals surface area contributed by atoms with Gasteiger partial charge in [0.1, 0.15) is 0 Å². The molecular formula is C17H21N3O3. The molecule has 0 saturated carbocycles. The number of rotatable bonds is 6. The van der Waals surface area contributed by atoms with Gasteiger partial charge in [0, 0.05) is 31.5 Å². The van der Waals surface area contributed by atoms with E-state index in [1.165, 1.54) is 6.07 Å². The van der Waals surface area contributed by atoms with Gasteiger partial charge in [-0.15, -0.1) is 0 Å². The Morgan fingerprint density at radius 3 is 2.70 bits per heavy atom. The maximum absolute atomic E-state index is 12.3. The van der Waals surface area contributed by atoms with Crippen molar-refractivity contribution in [2.24, 2.45) is 0 Å². The quantitative estimate of drug-likeness (QED) is 0.880.